The van der Waals surface area contributed by atoms with Crippen LogP contribution in [0.3, 0.4) is 0 Å². The van der Waals surface area contributed by atoms with Crippen LogP contribution < -0.4 is 0 Å². The average molecular weight is 416 g/mol. The third kappa shape index (κ3) is 3.48. The number of esters is 1. The van der Waals surface area contributed by atoms with Gasteiger partial charge in [-0.2, -0.15) is 0 Å². The zero-order valence-electron chi connectivity index (χ0n) is 17.9. The first-order valence-electron chi connectivity index (χ1n) is 11.4. The number of allylic oxidation sites excluding steroid dienone is 2. The highest BCUT2D eigenvalue weighted by Gasteiger charge is 2.52. The van der Waals surface area contributed by atoms with Crippen molar-refractivity contribution in [2.24, 2.45) is 23.7 Å². The van der Waals surface area contributed by atoms with E-state index in [9.17, 15) is 9.59 Å². The number of nitrogens with zero attached hydrogens (tertiary/aromatic N) is 1. The van der Waals surface area contributed by atoms with Crippen molar-refractivity contribution in [1.29, 1.82) is 0 Å². The van der Waals surface area contributed by atoms with Crippen molar-refractivity contribution >= 4 is 11.9 Å². The second kappa shape index (κ2) is 8.33. The molecule has 1 saturated carbocycles. The number of carbonyl (C=O) groups excluding carboxylic acids is 2. The molecule has 1 heterocycles. The number of methoxy groups -OCH3 is 1. The van der Waals surface area contributed by atoms with Gasteiger partial charge in [0.1, 0.15) is 0 Å². The van der Waals surface area contributed by atoms with Gasteiger partial charge in [-0.3, -0.25) is 9.59 Å². The summed E-state index contributed by atoms with van der Waals surface area (Å²) < 4.78 is 5.16. The molecule has 6 atom stereocenters. The Labute approximate surface area is 183 Å². The van der Waals surface area contributed by atoms with Crippen molar-refractivity contribution in [3.8, 4) is 0 Å². The first-order chi connectivity index (χ1) is 15.2. The molecule has 2 aromatic rings. The lowest BCUT2D eigenvalue weighted by molar-refractivity contribution is -0.160. The second-order valence-corrected chi connectivity index (χ2v) is 9.04. The summed E-state index contributed by atoms with van der Waals surface area (Å²) in [5.74, 6) is -0.658. The first kappa shape index (κ1) is 20.0. The van der Waals surface area contributed by atoms with Gasteiger partial charge in [-0.1, -0.05) is 72.8 Å². The predicted molar refractivity (Wildman–Crippen MR) is 119 cm³/mol. The van der Waals surface area contributed by atoms with Crippen molar-refractivity contribution in [3.63, 3.8) is 0 Å². The van der Waals surface area contributed by atoms with Crippen LogP contribution >= 0.6 is 0 Å². The van der Waals surface area contributed by atoms with Crippen LogP contribution in [-0.2, 0) is 14.3 Å². The van der Waals surface area contributed by atoms with Crippen LogP contribution in [0.2, 0.25) is 0 Å². The van der Waals surface area contributed by atoms with Crippen molar-refractivity contribution in [1.82, 2.24) is 4.90 Å². The summed E-state index contributed by atoms with van der Waals surface area (Å²) in [5, 5.41) is 0. The van der Waals surface area contributed by atoms with Crippen molar-refractivity contribution < 1.29 is 14.3 Å². The number of hydrogen-bond acceptors (Lipinski definition) is 3. The van der Waals surface area contributed by atoms with Crippen molar-refractivity contribution in [2.75, 3.05) is 7.11 Å². The molecule has 0 aromatic heterocycles. The van der Waals surface area contributed by atoms with E-state index in [0.717, 1.165) is 25.7 Å². The Bertz CT molecular complexity index is 923. The van der Waals surface area contributed by atoms with E-state index in [0.29, 0.717) is 0 Å². The van der Waals surface area contributed by atoms with E-state index >= 15 is 0 Å². The fraction of sp³-hybridized carbons (Fsp3) is 0.407. The van der Waals surface area contributed by atoms with E-state index in [4.69, 9.17) is 4.74 Å². The van der Waals surface area contributed by atoms with Gasteiger partial charge in [0.2, 0.25) is 5.91 Å². The fourth-order valence-electron chi connectivity index (χ4n) is 6.08. The number of amides is 1. The van der Waals surface area contributed by atoms with Crippen LogP contribution in [-0.4, -0.2) is 23.9 Å². The number of ether oxygens (including phenoxy) is 1. The van der Waals surface area contributed by atoms with Crippen LogP contribution in [0.15, 0.2) is 72.8 Å². The molecule has 160 valence electrons. The molecule has 2 bridgehead atoms. The van der Waals surface area contributed by atoms with Gasteiger partial charge in [0.15, 0.2) is 0 Å². The summed E-state index contributed by atoms with van der Waals surface area (Å²) in [6.45, 7) is 0. The maximum absolute atomic E-state index is 14.3. The van der Waals surface area contributed by atoms with Gasteiger partial charge in [0, 0.05) is 0 Å². The normalized spacial score (nSPS) is 31.6. The van der Waals surface area contributed by atoms with Crippen LogP contribution in [0.5, 0.6) is 0 Å². The molecule has 1 aliphatic heterocycles. The van der Waals surface area contributed by atoms with E-state index < -0.39 is 0 Å². The SMILES string of the molecule is COC(=O)[C@H]1[C@@H](C(=O)N2[C@@H](c3ccccc3)CC[C@@H]2c2ccccc2)[C@H]2C=C[C@@H]1CC2. The standard InChI is InChI=1S/C27H29NO3/c1-31-27(30)25-21-14-12-20(13-15-21)24(25)26(29)28-22(18-8-4-2-5-9-18)16-17-23(28)19-10-6-3-7-11-19/h2-12,14,20-25H,13,15-17H2,1H3/t20-,21+,22+,23+,24-,25+/m0/s1. The summed E-state index contributed by atoms with van der Waals surface area (Å²) in [4.78, 5) is 29.1. The molecule has 0 unspecified atom stereocenters. The Hall–Kier alpha value is -2.88. The Morgan fingerprint density at radius 3 is 1.68 bits per heavy atom. The van der Waals surface area contributed by atoms with E-state index in [-0.39, 0.29) is 47.6 Å². The molecule has 6 rings (SSSR count). The average Bonchev–Trinajstić information content (AvgIpc) is 3.29. The minimum absolute atomic E-state index is 0.0293. The molecule has 0 spiro atoms. The molecule has 4 nitrogen and oxygen atoms in total. The van der Waals surface area contributed by atoms with Gasteiger partial charge in [-0.05, 0) is 48.6 Å². The highest BCUT2D eigenvalue weighted by atomic mass is 16.5. The van der Waals surface area contributed by atoms with Crippen LogP contribution in [0.4, 0.5) is 0 Å². The molecule has 2 aromatic carbocycles. The summed E-state index contributed by atoms with van der Waals surface area (Å²) >= 11 is 0. The largest absolute Gasteiger partial charge is 0.469 e. The van der Waals surface area contributed by atoms with Gasteiger partial charge >= 0.3 is 5.97 Å². The van der Waals surface area contributed by atoms with Gasteiger partial charge in [0.05, 0.1) is 31.0 Å². The Morgan fingerprint density at radius 1 is 0.742 bits per heavy atom. The third-order valence-electron chi connectivity index (χ3n) is 7.52. The summed E-state index contributed by atoms with van der Waals surface area (Å²) in [6.07, 6.45) is 8.07. The Balaban J connectivity index is 1.55. The van der Waals surface area contributed by atoms with Crippen LogP contribution in [0.25, 0.3) is 0 Å². The highest BCUT2D eigenvalue weighted by Crippen LogP contribution is 2.50. The minimum Gasteiger partial charge on any atom is -0.469 e. The van der Waals surface area contributed by atoms with Gasteiger partial charge in [-0.25, -0.2) is 0 Å². The maximum Gasteiger partial charge on any atom is 0.310 e. The monoisotopic (exact) mass is 415 g/mol. The third-order valence-corrected chi connectivity index (χ3v) is 7.52. The Morgan fingerprint density at radius 2 is 1.23 bits per heavy atom. The molecule has 3 aliphatic carbocycles. The molecule has 0 N–H and O–H groups in total. The van der Waals surface area contributed by atoms with Gasteiger partial charge in [0.25, 0.3) is 0 Å². The minimum atomic E-state index is -0.380. The highest BCUT2D eigenvalue weighted by molar-refractivity contribution is 5.87. The lowest BCUT2D eigenvalue weighted by Crippen LogP contribution is -2.50. The van der Waals surface area contributed by atoms with E-state index in [1.807, 2.05) is 36.4 Å². The topological polar surface area (TPSA) is 46.6 Å². The number of hydrogen-bond donors (Lipinski definition) is 0. The molecule has 4 aliphatic rings. The first-order valence-corrected chi connectivity index (χ1v) is 11.4. The number of carbonyl (C=O) groups is 2. The number of rotatable bonds is 4. The lowest BCUT2D eigenvalue weighted by Gasteiger charge is -2.45. The fourth-order valence-corrected chi connectivity index (χ4v) is 6.08. The molecule has 1 saturated heterocycles. The molecule has 4 heteroatoms. The predicted octanol–water partition coefficient (Wildman–Crippen LogP) is 5.09. The van der Waals surface area contributed by atoms with Gasteiger partial charge < -0.3 is 9.64 Å². The number of fused-ring (bicyclic) bond motifs is 2. The zero-order valence-corrected chi connectivity index (χ0v) is 17.9. The van der Waals surface area contributed by atoms with Gasteiger partial charge in [-0.15, -0.1) is 0 Å². The summed E-state index contributed by atoms with van der Waals surface area (Å²) in [5.41, 5.74) is 2.33. The smallest absolute Gasteiger partial charge is 0.310 e. The lowest BCUT2D eigenvalue weighted by atomic mass is 9.61. The summed E-state index contributed by atoms with van der Waals surface area (Å²) in [7, 11) is 1.44. The van der Waals surface area contributed by atoms with Crippen LogP contribution in [0.1, 0.15) is 48.9 Å². The van der Waals surface area contributed by atoms with Crippen LogP contribution in [0, 0.1) is 23.7 Å². The van der Waals surface area contributed by atoms with E-state index in [1.54, 1.807) is 0 Å². The zero-order chi connectivity index (χ0) is 21.4. The maximum atomic E-state index is 14.3. The van der Waals surface area contributed by atoms with E-state index in [2.05, 4.69) is 41.3 Å². The molecule has 0 radical (unpaired) electrons. The summed E-state index contributed by atoms with van der Waals surface area (Å²) in [6, 6.07) is 20.7. The quantitative estimate of drug-likeness (QED) is 0.516. The number of likely N-dealkylation sites (tertiary alicyclic amines) is 1. The molecular formula is C27H29NO3. The second-order valence-electron chi connectivity index (χ2n) is 9.04. The molecule has 2 fully saturated rings. The molecule has 1 amide bonds. The number of benzene rings is 2. The Kier molecular flexibility index (Phi) is 5.39. The van der Waals surface area contributed by atoms with Crippen molar-refractivity contribution in [3.05, 3.63) is 83.9 Å². The van der Waals surface area contributed by atoms with Crippen molar-refractivity contribution in [2.45, 2.75) is 37.8 Å². The molecular weight excluding hydrogens is 386 g/mol. The van der Waals surface area contributed by atoms with E-state index in [1.165, 1.54) is 18.2 Å². The molecule has 31 heavy (non-hydrogen) atoms.